The molecule has 0 spiro atoms. The van der Waals surface area contributed by atoms with Crippen molar-refractivity contribution in [2.75, 3.05) is 10.6 Å². The van der Waals surface area contributed by atoms with Gasteiger partial charge in [0.1, 0.15) is 0 Å². The number of aryl methyl sites for hydroxylation is 1. The number of halogens is 2. The van der Waals surface area contributed by atoms with Crippen molar-refractivity contribution in [1.29, 1.82) is 0 Å². The van der Waals surface area contributed by atoms with Gasteiger partial charge in [0.05, 0.1) is 11.3 Å². The second kappa shape index (κ2) is 5.69. The highest BCUT2D eigenvalue weighted by atomic mass is 19.3. The summed E-state index contributed by atoms with van der Waals surface area (Å²) >= 11 is 0. The van der Waals surface area contributed by atoms with Gasteiger partial charge in [0.25, 0.3) is 5.91 Å². The maximum absolute atomic E-state index is 13.9. The van der Waals surface area contributed by atoms with E-state index in [1.165, 1.54) is 23.3 Å². The Labute approximate surface area is 144 Å². The van der Waals surface area contributed by atoms with E-state index in [1.54, 1.807) is 6.07 Å². The minimum absolute atomic E-state index is 0.151. The number of nitrogens with one attached hydrogen (secondary N) is 2. The van der Waals surface area contributed by atoms with Gasteiger partial charge in [-0.15, -0.1) is 0 Å². The van der Waals surface area contributed by atoms with Crippen LogP contribution in [0.4, 0.5) is 20.2 Å². The maximum atomic E-state index is 13.9. The highest BCUT2D eigenvalue weighted by Gasteiger charge is 2.48. The summed E-state index contributed by atoms with van der Waals surface area (Å²) in [6.45, 7) is 4.14. The van der Waals surface area contributed by atoms with Gasteiger partial charge >= 0.3 is 5.92 Å². The third-order valence-electron chi connectivity index (χ3n) is 4.99. The van der Waals surface area contributed by atoms with Gasteiger partial charge in [0, 0.05) is 17.3 Å². The van der Waals surface area contributed by atoms with Crippen LogP contribution in [0.1, 0.15) is 35.4 Å². The Balaban J connectivity index is 1.59. The average Bonchev–Trinajstić information content (AvgIpc) is 2.84. The molecule has 1 aliphatic heterocycles. The molecule has 25 heavy (non-hydrogen) atoms. The number of carbonyl (C=O) groups is 1. The monoisotopic (exact) mass is 340 g/mol. The molecule has 2 N–H and O–H groups in total. The van der Waals surface area contributed by atoms with Crippen LogP contribution in [0.25, 0.3) is 0 Å². The van der Waals surface area contributed by atoms with E-state index < -0.39 is 11.8 Å². The smallest absolute Gasteiger partial charge is 0.352 e. The third kappa shape index (κ3) is 2.60. The topological polar surface area (TPSA) is 41.1 Å². The summed E-state index contributed by atoms with van der Waals surface area (Å²) in [5.41, 5.74) is 3.73. The molecule has 0 bridgehead atoms. The van der Waals surface area contributed by atoms with Crippen LogP contribution >= 0.6 is 0 Å². The summed E-state index contributed by atoms with van der Waals surface area (Å²) in [4.78, 5) is 11.4. The summed E-state index contributed by atoms with van der Waals surface area (Å²) in [6, 6.07) is 12.8. The van der Waals surface area contributed by atoms with E-state index in [-0.39, 0.29) is 17.2 Å². The molecule has 1 aliphatic carbocycles. The van der Waals surface area contributed by atoms with E-state index in [0.29, 0.717) is 5.69 Å². The third-order valence-corrected chi connectivity index (χ3v) is 4.99. The van der Waals surface area contributed by atoms with Gasteiger partial charge in [0.15, 0.2) is 0 Å². The minimum atomic E-state index is -3.49. The molecule has 0 radical (unpaired) electrons. The van der Waals surface area contributed by atoms with E-state index in [4.69, 9.17) is 0 Å². The van der Waals surface area contributed by atoms with E-state index >= 15 is 0 Å². The second-order valence-electron chi connectivity index (χ2n) is 6.58. The first-order chi connectivity index (χ1) is 12.0. The fourth-order valence-corrected chi connectivity index (χ4v) is 3.70. The Morgan fingerprint density at radius 1 is 1.24 bits per heavy atom. The Bertz CT molecular complexity index is 876. The lowest BCUT2D eigenvalue weighted by Gasteiger charge is -2.28. The van der Waals surface area contributed by atoms with Gasteiger partial charge in [0.2, 0.25) is 0 Å². The predicted molar refractivity (Wildman–Crippen MR) is 93.8 cm³/mol. The summed E-state index contributed by atoms with van der Waals surface area (Å²) in [6.07, 6.45) is 3.10. The van der Waals surface area contributed by atoms with Crippen LogP contribution in [0.2, 0.25) is 0 Å². The van der Waals surface area contributed by atoms with Crippen molar-refractivity contribution in [2.45, 2.75) is 31.1 Å². The first-order valence-corrected chi connectivity index (χ1v) is 8.34. The molecule has 0 aromatic heterocycles. The Hall–Kier alpha value is -2.69. The Morgan fingerprint density at radius 3 is 2.88 bits per heavy atom. The van der Waals surface area contributed by atoms with Crippen LogP contribution in [0.3, 0.4) is 0 Å². The zero-order valence-electron chi connectivity index (χ0n) is 13.6. The summed E-state index contributed by atoms with van der Waals surface area (Å²) < 4.78 is 27.9. The number of alkyl halides is 2. The van der Waals surface area contributed by atoms with Gasteiger partial charge in [-0.3, -0.25) is 4.79 Å². The summed E-state index contributed by atoms with van der Waals surface area (Å²) in [5.74, 6) is -4.62. The highest BCUT2D eigenvalue weighted by Crippen LogP contribution is 2.42. The number of rotatable bonds is 3. The fourth-order valence-electron chi connectivity index (χ4n) is 3.70. The first kappa shape index (κ1) is 15.8. The number of hydrogen-bond donors (Lipinski definition) is 2. The standard InChI is InChI=1S/C20H18F2N2O/c1-12(15-8-4-6-13-5-2-3-7-16(13)15)23-14-9-10-18-17(11-14)20(21,22)19(25)24-18/h2-3,5,7,9-11,15,23H,1,4,6,8H2,(H,24,25). The predicted octanol–water partition coefficient (Wildman–Crippen LogP) is 4.78. The fraction of sp³-hybridized carbons (Fsp3) is 0.250. The molecule has 2 aromatic carbocycles. The lowest BCUT2D eigenvalue weighted by molar-refractivity contribution is -0.139. The quantitative estimate of drug-likeness (QED) is 0.844. The first-order valence-electron chi connectivity index (χ1n) is 8.34. The normalized spacial score (nSPS) is 20.4. The van der Waals surface area contributed by atoms with E-state index in [2.05, 4.69) is 29.3 Å². The van der Waals surface area contributed by atoms with Crippen molar-refractivity contribution in [3.63, 3.8) is 0 Å². The number of amides is 1. The number of carbonyl (C=O) groups excluding carboxylic acids is 1. The molecule has 1 atom stereocenters. The van der Waals surface area contributed by atoms with Crippen molar-refractivity contribution < 1.29 is 13.6 Å². The van der Waals surface area contributed by atoms with Crippen LogP contribution < -0.4 is 10.6 Å². The molecule has 4 rings (SSSR count). The number of hydrogen-bond acceptors (Lipinski definition) is 2. The largest absolute Gasteiger partial charge is 0.359 e. The van der Waals surface area contributed by atoms with Crippen molar-refractivity contribution in [3.8, 4) is 0 Å². The molecule has 0 saturated heterocycles. The SMILES string of the molecule is C=C(Nc1ccc2c(c1)C(F)(F)C(=O)N2)C1CCCc2ccccc21. The lowest BCUT2D eigenvalue weighted by Crippen LogP contribution is -2.23. The summed E-state index contributed by atoms with van der Waals surface area (Å²) in [5, 5.41) is 5.37. The van der Waals surface area contributed by atoms with Gasteiger partial charge in [-0.1, -0.05) is 30.8 Å². The van der Waals surface area contributed by atoms with Crippen LogP contribution in [-0.4, -0.2) is 5.91 Å². The second-order valence-corrected chi connectivity index (χ2v) is 6.58. The maximum Gasteiger partial charge on any atom is 0.352 e. The van der Waals surface area contributed by atoms with E-state index in [1.807, 2.05) is 12.1 Å². The molecule has 1 amide bonds. The van der Waals surface area contributed by atoms with Crippen LogP contribution in [0, 0.1) is 0 Å². The molecule has 128 valence electrons. The Kier molecular flexibility index (Phi) is 3.60. The van der Waals surface area contributed by atoms with Crippen LogP contribution in [0.15, 0.2) is 54.7 Å². The molecule has 1 heterocycles. The molecule has 0 fully saturated rings. The highest BCUT2D eigenvalue weighted by molar-refractivity contribution is 6.04. The van der Waals surface area contributed by atoms with Gasteiger partial charge in [-0.2, -0.15) is 8.78 Å². The lowest BCUT2D eigenvalue weighted by atomic mass is 9.81. The molecule has 2 aliphatic rings. The Morgan fingerprint density at radius 2 is 2.04 bits per heavy atom. The minimum Gasteiger partial charge on any atom is -0.359 e. The number of allylic oxidation sites excluding steroid dienone is 1. The van der Waals surface area contributed by atoms with Crippen molar-refractivity contribution in [3.05, 3.63) is 71.4 Å². The van der Waals surface area contributed by atoms with Crippen molar-refractivity contribution in [2.24, 2.45) is 0 Å². The van der Waals surface area contributed by atoms with Gasteiger partial charge in [-0.05, 0) is 48.6 Å². The zero-order valence-corrected chi connectivity index (χ0v) is 13.6. The van der Waals surface area contributed by atoms with E-state index in [9.17, 15) is 13.6 Å². The molecular weight excluding hydrogens is 322 g/mol. The molecular formula is C20H18F2N2O. The number of fused-ring (bicyclic) bond motifs is 2. The van der Waals surface area contributed by atoms with Gasteiger partial charge < -0.3 is 10.6 Å². The molecule has 2 aromatic rings. The van der Waals surface area contributed by atoms with Crippen molar-refractivity contribution >= 4 is 17.3 Å². The molecule has 5 heteroatoms. The van der Waals surface area contributed by atoms with Crippen LogP contribution in [-0.2, 0) is 17.1 Å². The molecule has 1 unspecified atom stereocenters. The van der Waals surface area contributed by atoms with E-state index in [0.717, 1.165) is 25.0 Å². The average molecular weight is 340 g/mol. The molecule has 3 nitrogen and oxygen atoms in total. The summed E-state index contributed by atoms with van der Waals surface area (Å²) in [7, 11) is 0. The number of anilines is 2. The zero-order chi connectivity index (χ0) is 17.6. The molecule has 0 saturated carbocycles. The van der Waals surface area contributed by atoms with Gasteiger partial charge in [-0.25, -0.2) is 0 Å². The van der Waals surface area contributed by atoms with Crippen molar-refractivity contribution in [1.82, 2.24) is 0 Å². The van der Waals surface area contributed by atoms with Crippen LogP contribution in [0.5, 0.6) is 0 Å². The number of benzene rings is 2.